The number of ketones is 1. The van der Waals surface area contributed by atoms with Crippen LogP contribution in [0.5, 0.6) is 0 Å². The largest absolute Gasteiger partial charge is 0.444 e. The molecule has 1 amide bonds. The predicted octanol–water partition coefficient (Wildman–Crippen LogP) is 2.12. The van der Waals surface area contributed by atoms with E-state index in [1.165, 1.54) is 0 Å². The van der Waals surface area contributed by atoms with Crippen LogP contribution in [-0.2, 0) is 16.0 Å². The molecule has 2 N–H and O–H groups in total. The van der Waals surface area contributed by atoms with Gasteiger partial charge >= 0.3 is 6.09 Å². The third-order valence-corrected chi connectivity index (χ3v) is 2.96. The van der Waals surface area contributed by atoms with E-state index in [2.05, 4.69) is 10.6 Å². The van der Waals surface area contributed by atoms with Crippen molar-refractivity contribution in [2.24, 2.45) is 0 Å². The first-order valence-electron chi connectivity index (χ1n) is 6.69. The molecule has 0 spiro atoms. The molecule has 0 radical (unpaired) electrons. The van der Waals surface area contributed by atoms with Crippen molar-refractivity contribution in [2.75, 3.05) is 11.9 Å². The number of carbonyl (C=O) groups excluding carboxylic acids is 2. The Balaban J connectivity index is 2.02. The number of benzene rings is 1. The molecule has 5 heteroatoms. The number of hydrogen-bond donors (Lipinski definition) is 2. The van der Waals surface area contributed by atoms with Gasteiger partial charge in [-0.2, -0.15) is 0 Å². The van der Waals surface area contributed by atoms with Crippen molar-refractivity contribution in [3.8, 4) is 0 Å². The Hall–Kier alpha value is -2.04. The number of rotatable bonds is 1. The summed E-state index contributed by atoms with van der Waals surface area (Å²) in [7, 11) is 0. The summed E-state index contributed by atoms with van der Waals surface area (Å²) in [5.74, 6) is -0.0201. The van der Waals surface area contributed by atoms with Crippen molar-refractivity contribution in [1.29, 1.82) is 0 Å². The average molecular weight is 276 g/mol. The van der Waals surface area contributed by atoms with Gasteiger partial charge < -0.3 is 15.4 Å². The van der Waals surface area contributed by atoms with Gasteiger partial charge in [0.1, 0.15) is 11.6 Å². The van der Waals surface area contributed by atoms with Gasteiger partial charge in [-0.3, -0.25) is 4.79 Å². The molecule has 0 saturated heterocycles. The topological polar surface area (TPSA) is 67.4 Å². The first kappa shape index (κ1) is 14.4. The monoisotopic (exact) mass is 276 g/mol. The summed E-state index contributed by atoms with van der Waals surface area (Å²) in [6.45, 7) is 5.73. The standard InChI is InChI=1S/C15H20N2O3/c1-15(2,3)20-14(19)17-12-9-16-11-7-5-4-6-10(11)8-13(12)18/h4-7,12,16H,8-9H2,1-3H3,(H,17,19)/t12-/m0/s1. The fraction of sp³-hybridized carbons (Fsp3) is 0.467. The highest BCUT2D eigenvalue weighted by Gasteiger charge is 2.26. The Morgan fingerprint density at radius 2 is 2.05 bits per heavy atom. The first-order chi connectivity index (χ1) is 9.35. The van der Waals surface area contributed by atoms with Crippen LogP contribution in [0.2, 0.25) is 0 Å². The van der Waals surface area contributed by atoms with Gasteiger partial charge in [0.2, 0.25) is 0 Å². The number of Topliss-reactive ketones (excluding diaryl/α,β-unsaturated/α-hetero) is 1. The maximum atomic E-state index is 12.2. The van der Waals surface area contributed by atoms with Crippen LogP contribution >= 0.6 is 0 Å². The Morgan fingerprint density at radius 3 is 2.75 bits per heavy atom. The van der Waals surface area contributed by atoms with Gasteiger partial charge in [0.25, 0.3) is 0 Å². The zero-order valence-electron chi connectivity index (χ0n) is 12.0. The number of para-hydroxylation sites is 1. The van der Waals surface area contributed by atoms with Crippen molar-refractivity contribution in [3.63, 3.8) is 0 Å². The zero-order valence-corrected chi connectivity index (χ0v) is 12.0. The van der Waals surface area contributed by atoms with E-state index in [1.807, 2.05) is 24.3 Å². The lowest BCUT2D eigenvalue weighted by Crippen LogP contribution is -2.46. The number of hydrogen-bond acceptors (Lipinski definition) is 4. The molecule has 0 bridgehead atoms. The van der Waals surface area contributed by atoms with Crippen molar-refractivity contribution in [3.05, 3.63) is 29.8 Å². The second kappa shape index (κ2) is 5.53. The normalized spacial score (nSPS) is 18.6. The number of ether oxygens (including phenoxy) is 1. The Labute approximate surface area is 118 Å². The molecule has 1 aromatic rings. The fourth-order valence-electron chi connectivity index (χ4n) is 2.07. The van der Waals surface area contributed by atoms with E-state index in [0.717, 1.165) is 11.3 Å². The lowest BCUT2D eigenvalue weighted by Gasteiger charge is -2.22. The summed E-state index contributed by atoms with van der Waals surface area (Å²) >= 11 is 0. The van der Waals surface area contributed by atoms with Crippen LogP contribution in [0.4, 0.5) is 10.5 Å². The second-order valence-corrected chi connectivity index (χ2v) is 5.88. The Bertz CT molecular complexity index is 520. The minimum Gasteiger partial charge on any atom is -0.444 e. The molecule has 0 aromatic heterocycles. The summed E-state index contributed by atoms with van der Waals surface area (Å²) in [6, 6.07) is 7.08. The molecular weight excluding hydrogens is 256 g/mol. The van der Waals surface area contributed by atoms with E-state index in [9.17, 15) is 9.59 Å². The van der Waals surface area contributed by atoms with Crippen LogP contribution in [0.3, 0.4) is 0 Å². The maximum absolute atomic E-state index is 12.2. The smallest absolute Gasteiger partial charge is 0.408 e. The van der Waals surface area contributed by atoms with Gasteiger partial charge in [0.05, 0.1) is 0 Å². The summed E-state index contributed by atoms with van der Waals surface area (Å²) in [5, 5.41) is 5.81. The quantitative estimate of drug-likeness (QED) is 0.824. The summed E-state index contributed by atoms with van der Waals surface area (Å²) in [5.41, 5.74) is 1.31. The van der Waals surface area contributed by atoms with E-state index in [0.29, 0.717) is 13.0 Å². The van der Waals surface area contributed by atoms with E-state index >= 15 is 0 Å². The minimum absolute atomic E-state index is 0.0201. The van der Waals surface area contributed by atoms with E-state index in [4.69, 9.17) is 4.74 Å². The molecule has 108 valence electrons. The van der Waals surface area contributed by atoms with Crippen LogP contribution in [-0.4, -0.2) is 30.1 Å². The first-order valence-corrected chi connectivity index (χ1v) is 6.69. The lowest BCUT2D eigenvalue weighted by atomic mass is 10.1. The highest BCUT2D eigenvalue weighted by molar-refractivity contribution is 5.91. The lowest BCUT2D eigenvalue weighted by molar-refractivity contribution is -0.120. The highest BCUT2D eigenvalue weighted by atomic mass is 16.6. The molecule has 0 saturated carbocycles. The van der Waals surface area contributed by atoms with Gasteiger partial charge in [0.15, 0.2) is 5.78 Å². The Morgan fingerprint density at radius 1 is 1.35 bits per heavy atom. The van der Waals surface area contributed by atoms with Gasteiger partial charge in [-0.25, -0.2) is 4.79 Å². The molecule has 0 fully saturated rings. The molecule has 1 aliphatic heterocycles. The number of amides is 1. The molecule has 1 heterocycles. The van der Waals surface area contributed by atoms with Gasteiger partial charge in [-0.15, -0.1) is 0 Å². The average Bonchev–Trinajstić information content (AvgIpc) is 2.47. The van der Waals surface area contributed by atoms with Crippen LogP contribution < -0.4 is 10.6 Å². The second-order valence-electron chi connectivity index (χ2n) is 5.88. The minimum atomic E-state index is -0.575. The molecule has 1 aliphatic rings. The fourth-order valence-corrected chi connectivity index (χ4v) is 2.07. The summed E-state index contributed by atoms with van der Waals surface area (Å²) in [4.78, 5) is 23.9. The number of alkyl carbamates (subject to hydrolysis) is 1. The van der Waals surface area contributed by atoms with Crippen molar-refractivity contribution in [2.45, 2.75) is 38.8 Å². The van der Waals surface area contributed by atoms with Crippen molar-refractivity contribution >= 4 is 17.6 Å². The predicted molar refractivity (Wildman–Crippen MR) is 76.8 cm³/mol. The van der Waals surface area contributed by atoms with E-state index in [-0.39, 0.29) is 5.78 Å². The molecule has 20 heavy (non-hydrogen) atoms. The van der Waals surface area contributed by atoms with Gasteiger partial charge in [-0.05, 0) is 32.4 Å². The number of anilines is 1. The molecule has 1 aromatic carbocycles. The SMILES string of the molecule is CC(C)(C)OC(=O)N[C@H]1CNc2ccccc2CC1=O. The Kier molecular flexibility index (Phi) is 3.97. The molecule has 0 unspecified atom stereocenters. The number of nitrogens with one attached hydrogen (secondary N) is 2. The third-order valence-electron chi connectivity index (χ3n) is 2.96. The van der Waals surface area contributed by atoms with Gasteiger partial charge in [0, 0.05) is 18.7 Å². The van der Waals surface area contributed by atoms with Crippen molar-refractivity contribution in [1.82, 2.24) is 5.32 Å². The van der Waals surface area contributed by atoms with Gasteiger partial charge in [-0.1, -0.05) is 18.2 Å². The maximum Gasteiger partial charge on any atom is 0.408 e. The summed E-state index contributed by atoms with van der Waals surface area (Å²) in [6.07, 6.45) is -0.257. The van der Waals surface area contributed by atoms with Crippen LogP contribution in [0.1, 0.15) is 26.3 Å². The molecular formula is C15H20N2O3. The van der Waals surface area contributed by atoms with E-state index in [1.54, 1.807) is 20.8 Å². The molecule has 5 nitrogen and oxygen atoms in total. The van der Waals surface area contributed by atoms with Crippen molar-refractivity contribution < 1.29 is 14.3 Å². The molecule has 2 rings (SSSR count). The third kappa shape index (κ3) is 3.73. The van der Waals surface area contributed by atoms with Crippen LogP contribution in [0, 0.1) is 0 Å². The van der Waals surface area contributed by atoms with Crippen LogP contribution in [0.25, 0.3) is 0 Å². The summed E-state index contributed by atoms with van der Waals surface area (Å²) < 4.78 is 5.18. The molecule has 0 aliphatic carbocycles. The van der Waals surface area contributed by atoms with E-state index < -0.39 is 17.7 Å². The molecule has 1 atom stereocenters. The number of fused-ring (bicyclic) bond motifs is 1. The zero-order chi connectivity index (χ0) is 14.8. The van der Waals surface area contributed by atoms with Crippen LogP contribution in [0.15, 0.2) is 24.3 Å². The number of carbonyl (C=O) groups is 2. The highest BCUT2D eigenvalue weighted by Crippen LogP contribution is 2.19.